The average Bonchev–Trinajstić information content (AvgIpc) is 2.58. The zero-order valence-corrected chi connectivity index (χ0v) is 16.5. The molecule has 0 aliphatic carbocycles. The molecule has 0 spiro atoms. The molecule has 0 aliphatic heterocycles. The van der Waals surface area contributed by atoms with E-state index in [9.17, 15) is 9.59 Å². The molecule has 3 amide bonds. The molecule has 0 saturated carbocycles. The second kappa shape index (κ2) is 10.0. The van der Waals surface area contributed by atoms with Crippen LogP contribution in [0.2, 0.25) is 10.0 Å². The highest BCUT2D eigenvalue weighted by Gasteiger charge is 2.12. The number of amides is 3. The van der Waals surface area contributed by atoms with Crippen LogP contribution in [0.15, 0.2) is 42.5 Å². The summed E-state index contributed by atoms with van der Waals surface area (Å²) < 4.78 is 5.57. The van der Waals surface area contributed by atoms with Crippen molar-refractivity contribution in [2.24, 2.45) is 0 Å². The molecule has 0 heterocycles. The van der Waals surface area contributed by atoms with Gasteiger partial charge in [-0.2, -0.15) is 0 Å². The summed E-state index contributed by atoms with van der Waals surface area (Å²) in [5.41, 5.74) is 1.43. The monoisotopic (exact) mass is 409 g/mol. The second-order valence-electron chi connectivity index (χ2n) is 5.85. The van der Waals surface area contributed by atoms with E-state index in [4.69, 9.17) is 27.9 Å². The van der Waals surface area contributed by atoms with Gasteiger partial charge in [0.25, 0.3) is 0 Å². The quantitative estimate of drug-likeness (QED) is 0.593. The molecule has 6 nitrogen and oxygen atoms in total. The van der Waals surface area contributed by atoms with E-state index in [1.54, 1.807) is 42.5 Å². The van der Waals surface area contributed by atoms with Gasteiger partial charge in [-0.3, -0.25) is 4.79 Å². The van der Waals surface area contributed by atoms with Gasteiger partial charge in [0, 0.05) is 28.7 Å². The van der Waals surface area contributed by atoms with Crippen molar-refractivity contribution in [2.75, 3.05) is 18.5 Å². The van der Waals surface area contributed by atoms with E-state index in [1.807, 2.05) is 6.92 Å². The molecule has 27 heavy (non-hydrogen) atoms. The number of nitrogens with one attached hydrogen (secondary N) is 3. The Morgan fingerprint density at radius 1 is 1.15 bits per heavy atom. The minimum atomic E-state index is -0.330. The fourth-order valence-corrected chi connectivity index (χ4v) is 2.95. The summed E-state index contributed by atoms with van der Waals surface area (Å²) in [4.78, 5) is 23.1. The minimum absolute atomic E-state index is 0.152. The van der Waals surface area contributed by atoms with Crippen LogP contribution in [0.4, 0.5) is 10.5 Å². The zero-order valence-electron chi connectivity index (χ0n) is 15.0. The van der Waals surface area contributed by atoms with Crippen molar-refractivity contribution < 1.29 is 14.3 Å². The lowest BCUT2D eigenvalue weighted by molar-refractivity contribution is -0.114. The predicted octanol–water partition coefficient (Wildman–Crippen LogP) is 4.39. The Kier molecular flexibility index (Phi) is 7.76. The van der Waals surface area contributed by atoms with Gasteiger partial charge in [0.2, 0.25) is 5.91 Å². The van der Waals surface area contributed by atoms with Crippen LogP contribution in [-0.4, -0.2) is 25.1 Å². The summed E-state index contributed by atoms with van der Waals surface area (Å²) in [6.45, 7) is 3.87. The number of benzene rings is 2. The van der Waals surface area contributed by atoms with Crippen LogP contribution in [0.25, 0.3) is 0 Å². The van der Waals surface area contributed by atoms with E-state index in [-0.39, 0.29) is 24.6 Å². The lowest BCUT2D eigenvalue weighted by Crippen LogP contribution is -2.39. The molecule has 2 rings (SSSR count). The van der Waals surface area contributed by atoms with Gasteiger partial charge in [-0.1, -0.05) is 35.3 Å². The summed E-state index contributed by atoms with van der Waals surface area (Å²) in [7, 11) is 0. The van der Waals surface area contributed by atoms with Crippen LogP contribution < -0.4 is 20.7 Å². The topological polar surface area (TPSA) is 79.5 Å². The number of halogens is 2. The molecule has 0 radical (unpaired) electrons. The third kappa shape index (κ3) is 7.00. The highest BCUT2D eigenvalue weighted by Crippen LogP contribution is 2.26. The number of hydrogen-bond acceptors (Lipinski definition) is 3. The van der Waals surface area contributed by atoms with E-state index in [2.05, 4.69) is 16.0 Å². The summed E-state index contributed by atoms with van der Waals surface area (Å²) in [5.74, 6) is 0.449. The number of anilines is 1. The molecule has 1 unspecified atom stereocenters. The van der Waals surface area contributed by atoms with Crippen molar-refractivity contribution >= 4 is 40.8 Å². The van der Waals surface area contributed by atoms with Crippen molar-refractivity contribution in [3.8, 4) is 5.75 Å². The van der Waals surface area contributed by atoms with Gasteiger partial charge >= 0.3 is 6.03 Å². The van der Waals surface area contributed by atoms with E-state index in [0.29, 0.717) is 28.0 Å². The maximum Gasteiger partial charge on any atom is 0.315 e. The molecule has 3 N–H and O–H groups in total. The molecule has 0 aromatic heterocycles. The highest BCUT2D eigenvalue weighted by atomic mass is 35.5. The van der Waals surface area contributed by atoms with E-state index >= 15 is 0 Å². The summed E-state index contributed by atoms with van der Waals surface area (Å²) in [5, 5.41) is 9.24. The first-order valence-corrected chi connectivity index (χ1v) is 9.10. The average molecular weight is 410 g/mol. The first-order chi connectivity index (χ1) is 12.8. The first kappa shape index (κ1) is 20.9. The van der Waals surface area contributed by atoms with Crippen molar-refractivity contribution in [3.63, 3.8) is 0 Å². The Labute approximate surface area is 168 Å². The van der Waals surface area contributed by atoms with Crippen LogP contribution in [0.1, 0.15) is 25.5 Å². The summed E-state index contributed by atoms with van der Waals surface area (Å²) in [6.07, 6.45) is 0. The largest absolute Gasteiger partial charge is 0.492 e. The second-order valence-corrected chi connectivity index (χ2v) is 6.69. The third-order valence-corrected chi connectivity index (χ3v) is 4.15. The fraction of sp³-hybridized carbons (Fsp3) is 0.263. The van der Waals surface area contributed by atoms with E-state index in [0.717, 1.165) is 5.56 Å². The van der Waals surface area contributed by atoms with Gasteiger partial charge < -0.3 is 20.7 Å². The van der Waals surface area contributed by atoms with E-state index < -0.39 is 0 Å². The van der Waals surface area contributed by atoms with E-state index in [1.165, 1.54) is 6.92 Å². The summed E-state index contributed by atoms with van der Waals surface area (Å²) >= 11 is 12.0. The Hall–Kier alpha value is -2.44. The fourth-order valence-electron chi connectivity index (χ4n) is 2.38. The van der Waals surface area contributed by atoms with Gasteiger partial charge in [0.1, 0.15) is 12.4 Å². The normalized spacial score (nSPS) is 11.4. The number of hydrogen-bond donors (Lipinski definition) is 3. The number of ether oxygens (including phenoxy) is 1. The van der Waals surface area contributed by atoms with Crippen LogP contribution in [0, 0.1) is 0 Å². The first-order valence-electron chi connectivity index (χ1n) is 8.35. The Morgan fingerprint density at radius 2 is 1.93 bits per heavy atom. The maximum atomic E-state index is 12.0. The minimum Gasteiger partial charge on any atom is -0.492 e. The SMILES string of the molecule is CC(=O)Nc1cccc(OCCNC(=O)NC(C)c2ccc(Cl)cc2Cl)c1. The molecule has 0 fully saturated rings. The van der Waals surface area contributed by atoms with Crippen LogP contribution in [-0.2, 0) is 4.79 Å². The van der Waals surface area contributed by atoms with Crippen molar-refractivity contribution in [1.29, 1.82) is 0 Å². The molecule has 2 aromatic carbocycles. The van der Waals surface area contributed by atoms with Crippen LogP contribution >= 0.6 is 23.2 Å². The number of rotatable bonds is 7. The van der Waals surface area contributed by atoms with Gasteiger partial charge in [-0.15, -0.1) is 0 Å². The summed E-state index contributed by atoms with van der Waals surface area (Å²) in [6, 6.07) is 11.6. The molecular weight excluding hydrogens is 389 g/mol. The van der Waals surface area contributed by atoms with Crippen molar-refractivity contribution in [3.05, 3.63) is 58.1 Å². The Morgan fingerprint density at radius 3 is 2.63 bits per heavy atom. The molecule has 1 atom stereocenters. The zero-order chi connectivity index (χ0) is 19.8. The lowest BCUT2D eigenvalue weighted by Gasteiger charge is -2.16. The van der Waals surface area contributed by atoms with Gasteiger partial charge in [0.05, 0.1) is 12.6 Å². The molecule has 144 valence electrons. The van der Waals surface area contributed by atoms with Crippen LogP contribution in [0.5, 0.6) is 5.75 Å². The van der Waals surface area contributed by atoms with Gasteiger partial charge in [-0.05, 0) is 36.8 Å². The molecular formula is C19H21Cl2N3O3. The number of carbonyl (C=O) groups excluding carboxylic acids is 2. The molecule has 0 saturated heterocycles. The number of carbonyl (C=O) groups is 2. The Bertz CT molecular complexity index is 815. The maximum absolute atomic E-state index is 12.0. The lowest BCUT2D eigenvalue weighted by atomic mass is 10.1. The number of urea groups is 1. The highest BCUT2D eigenvalue weighted by molar-refractivity contribution is 6.35. The van der Waals surface area contributed by atoms with Gasteiger partial charge in [0.15, 0.2) is 0 Å². The third-order valence-electron chi connectivity index (χ3n) is 3.59. The van der Waals surface area contributed by atoms with Gasteiger partial charge in [-0.25, -0.2) is 4.79 Å². The predicted molar refractivity (Wildman–Crippen MR) is 108 cm³/mol. The van der Waals surface area contributed by atoms with Crippen LogP contribution in [0.3, 0.4) is 0 Å². The molecule has 0 bridgehead atoms. The van der Waals surface area contributed by atoms with Crippen molar-refractivity contribution in [1.82, 2.24) is 10.6 Å². The Balaban J connectivity index is 1.75. The molecule has 8 heteroatoms. The molecule has 0 aliphatic rings. The standard InChI is InChI=1S/C19H21Cl2N3O3/c1-12(17-7-6-14(20)10-18(17)21)23-19(26)22-8-9-27-16-5-3-4-15(11-16)24-13(2)25/h3-7,10-12H,8-9H2,1-2H3,(H,24,25)(H2,22,23,26). The van der Waals surface area contributed by atoms with Crippen molar-refractivity contribution in [2.45, 2.75) is 19.9 Å². The smallest absolute Gasteiger partial charge is 0.315 e. The molecule has 2 aromatic rings.